The third kappa shape index (κ3) is 6.35. The highest BCUT2D eigenvalue weighted by atomic mass is 35.5. The van der Waals surface area contributed by atoms with Crippen molar-refractivity contribution in [2.75, 3.05) is 24.7 Å². The number of fused-ring (bicyclic) bond motifs is 3. The highest BCUT2D eigenvalue weighted by Gasteiger charge is 2.53. The van der Waals surface area contributed by atoms with E-state index in [0.29, 0.717) is 17.9 Å². The Morgan fingerprint density at radius 1 is 1.11 bits per heavy atom. The van der Waals surface area contributed by atoms with Crippen LogP contribution < -0.4 is 4.74 Å². The summed E-state index contributed by atoms with van der Waals surface area (Å²) >= 11 is 6.07. The van der Waals surface area contributed by atoms with E-state index in [4.69, 9.17) is 21.1 Å². The molecule has 2 aromatic carbocycles. The summed E-state index contributed by atoms with van der Waals surface area (Å²) in [4.78, 5) is 12.3. The fraction of sp³-hybridized carbons (Fsp3) is 0.536. The second-order valence-electron chi connectivity index (χ2n) is 11.4. The van der Waals surface area contributed by atoms with Gasteiger partial charge in [-0.1, -0.05) is 44.5 Å². The van der Waals surface area contributed by atoms with Crippen molar-refractivity contribution in [2.45, 2.75) is 58.0 Å². The van der Waals surface area contributed by atoms with Gasteiger partial charge in [0.15, 0.2) is 21.4 Å². The van der Waals surface area contributed by atoms with Crippen molar-refractivity contribution in [1.82, 2.24) is 0 Å². The summed E-state index contributed by atoms with van der Waals surface area (Å²) < 4.78 is 67.5. The highest BCUT2D eigenvalue weighted by Crippen LogP contribution is 2.52. The Labute approximate surface area is 222 Å². The minimum atomic E-state index is -3.67. The van der Waals surface area contributed by atoms with Gasteiger partial charge in [0.1, 0.15) is 17.4 Å². The number of hydrogen-bond donors (Lipinski definition) is 0. The van der Waals surface area contributed by atoms with Crippen molar-refractivity contribution in [1.29, 1.82) is 0 Å². The monoisotopic (exact) mass is 554 g/mol. The zero-order valence-corrected chi connectivity index (χ0v) is 22.9. The molecule has 0 N–H and O–H groups in total. The molecule has 0 unspecified atom stereocenters. The fourth-order valence-corrected chi connectivity index (χ4v) is 7.21. The summed E-state index contributed by atoms with van der Waals surface area (Å²) in [6, 6.07) is 9.39. The van der Waals surface area contributed by atoms with Crippen LogP contribution in [0, 0.1) is 23.0 Å². The van der Waals surface area contributed by atoms with Crippen molar-refractivity contribution < 1.29 is 31.5 Å². The van der Waals surface area contributed by atoms with Crippen molar-refractivity contribution in [3.05, 3.63) is 64.2 Å². The maximum Gasteiger partial charge on any atom is 0.165 e. The third-order valence-corrected chi connectivity index (χ3v) is 9.13. The SMILES string of the molecule is CC(C)(C)CC(=O)CS(=O)(=O)CC[C@@H]1OCC[C@@]2(Cc3ccc(Cl)cc3)c3c(F)ccc(F)c3OC[C@@H]12. The molecule has 2 aromatic rings. The van der Waals surface area contributed by atoms with Crippen LogP contribution in [0.15, 0.2) is 36.4 Å². The van der Waals surface area contributed by atoms with Gasteiger partial charge in [0.25, 0.3) is 0 Å². The minimum Gasteiger partial charge on any atom is -0.490 e. The van der Waals surface area contributed by atoms with Gasteiger partial charge in [-0.25, -0.2) is 17.2 Å². The van der Waals surface area contributed by atoms with Crippen LogP contribution in [0.25, 0.3) is 0 Å². The van der Waals surface area contributed by atoms with E-state index in [9.17, 15) is 17.6 Å². The number of carbonyl (C=O) groups excluding carboxylic acids is 1. The predicted octanol–water partition coefficient (Wildman–Crippen LogP) is 5.71. The number of carbonyl (C=O) groups is 1. The second kappa shape index (κ2) is 10.6. The summed E-state index contributed by atoms with van der Waals surface area (Å²) in [6.07, 6.45) is 0.554. The van der Waals surface area contributed by atoms with Crippen LogP contribution in [0.5, 0.6) is 5.75 Å². The van der Waals surface area contributed by atoms with Crippen LogP contribution in [-0.2, 0) is 31.2 Å². The van der Waals surface area contributed by atoms with Crippen molar-refractivity contribution in [3.8, 4) is 5.75 Å². The second-order valence-corrected chi connectivity index (χ2v) is 14.0. The number of ketones is 1. The molecule has 0 aromatic heterocycles. The summed E-state index contributed by atoms with van der Waals surface area (Å²) in [5.41, 5.74) is -0.0864. The molecule has 5 nitrogen and oxygen atoms in total. The number of Topliss-reactive ketones (excluding diaryl/α,β-unsaturated/α-hetero) is 1. The Hall–Kier alpha value is -2.03. The molecule has 0 radical (unpaired) electrons. The van der Waals surface area contributed by atoms with Gasteiger partial charge in [0.05, 0.1) is 18.5 Å². The first-order chi connectivity index (χ1) is 17.3. The molecule has 0 saturated carbocycles. The van der Waals surface area contributed by atoms with Gasteiger partial charge in [0.2, 0.25) is 0 Å². The van der Waals surface area contributed by atoms with E-state index < -0.39 is 44.7 Å². The van der Waals surface area contributed by atoms with Gasteiger partial charge in [-0.05, 0) is 54.5 Å². The minimum absolute atomic E-state index is 0.0641. The van der Waals surface area contributed by atoms with E-state index >= 15 is 4.39 Å². The lowest BCUT2D eigenvalue weighted by atomic mass is 9.60. The Bertz CT molecular complexity index is 1260. The van der Waals surface area contributed by atoms with Crippen LogP contribution in [0.2, 0.25) is 5.02 Å². The van der Waals surface area contributed by atoms with E-state index in [2.05, 4.69) is 0 Å². The van der Waals surface area contributed by atoms with Gasteiger partial charge in [-0.3, -0.25) is 4.79 Å². The Kier molecular flexibility index (Phi) is 8.03. The van der Waals surface area contributed by atoms with Gasteiger partial charge in [-0.15, -0.1) is 0 Å². The maximum atomic E-state index is 15.4. The van der Waals surface area contributed by atoms with E-state index in [1.165, 1.54) is 0 Å². The number of benzene rings is 2. The zero-order valence-electron chi connectivity index (χ0n) is 21.4. The molecule has 1 fully saturated rings. The zero-order chi connectivity index (χ0) is 27.0. The lowest BCUT2D eigenvalue weighted by Gasteiger charge is -2.51. The molecule has 4 rings (SSSR count). The Balaban J connectivity index is 1.63. The lowest BCUT2D eigenvalue weighted by Crippen LogP contribution is -2.55. The fourth-order valence-electron chi connectivity index (χ4n) is 5.75. The van der Waals surface area contributed by atoms with Crippen molar-refractivity contribution in [2.24, 2.45) is 11.3 Å². The first-order valence-corrected chi connectivity index (χ1v) is 14.7. The van der Waals surface area contributed by atoms with E-state index in [1.807, 2.05) is 32.9 Å². The molecule has 9 heteroatoms. The lowest BCUT2D eigenvalue weighted by molar-refractivity contribution is -0.118. The first-order valence-electron chi connectivity index (χ1n) is 12.5. The van der Waals surface area contributed by atoms with Crippen LogP contribution in [0.4, 0.5) is 8.78 Å². The number of ether oxygens (including phenoxy) is 2. The first kappa shape index (κ1) is 28.0. The van der Waals surface area contributed by atoms with Crippen LogP contribution in [0.3, 0.4) is 0 Å². The molecular formula is C28H33ClF2O5S. The average Bonchev–Trinajstić information content (AvgIpc) is 2.79. The van der Waals surface area contributed by atoms with Crippen LogP contribution in [-0.4, -0.2) is 45.0 Å². The number of halogens is 3. The standard InChI is InChI=1S/C28H33ClF2O5S/c1-27(2,3)15-20(32)17-37(33,34)13-10-24-21-16-36-26-23(31)9-8-22(30)25(26)28(21,11-12-35-24)14-18-4-6-19(29)7-5-18/h4-9,21,24H,10-17H2,1-3H3/t21-,24-,28-/m0/s1. The van der Waals surface area contributed by atoms with Crippen molar-refractivity contribution in [3.63, 3.8) is 0 Å². The molecule has 2 aliphatic heterocycles. The van der Waals surface area contributed by atoms with Gasteiger partial charge in [-0.2, -0.15) is 0 Å². The molecule has 0 aliphatic carbocycles. The summed E-state index contributed by atoms with van der Waals surface area (Å²) in [5, 5.41) is 0.568. The molecule has 1 saturated heterocycles. The molecule has 37 heavy (non-hydrogen) atoms. The number of rotatable bonds is 8. The van der Waals surface area contributed by atoms with E-state index in [0.717, 1.165) is 17.7 Å². The van der Waals surface area contributed by atoms with Crippen LogP contribution >= 0.6 is 11.6 Å². The molecule has 0 amide bonds. The average molecular weight is 555 g/mol. The third-order valence-electron chi connectivity index (χ3n) is 7.26. The molecule has 0 bridgehead atoms. The van der Waals surface area contributed by atoms with Gasteiger partial charge >= 0.3 is 0 Å². The van der Waals surface area contributed by atoms with Crippen molar-refractivity contribution >= 4 is 27.2 Å². The van der Waals surface area contributed by atoms with E-state index in [1.54, 1.807) is 12.1 Å². The van der Waals surface area contributed by atoms with Gasteiger partial charge in [0, 0.05) is 34.9 Å². The highest BCUT2D eigenvalue weighted by molar-refractivity contribution is 7.92. The summed E-state index contributed by atoms with van der Waals surface area (Å²) in [6.45, 7) is 5.98. The number of hydrogen-bond acceptors (Lipinski definition) is 5. The maximum absolute atomic E-state index is 15.4. The normalized spacial score (nSPS) is 23.6. The Morgan fingerprint density at radius 2 is 1.78 bits per heavy atom. The quantitative estimate of drug-likeness (QED) is 0.418. The molecule has 2 aliphatic rings. The summed E-state index contributed by atoms with van der Waals surface area (Å²) in [5.74, 6) is -2.77. The molecule has 3 atom stereocenters. The molecule has 202 valence electrons. The smallest absolute Gasteiger partial charge is 0.165 e. The topological polar surface area (TPSA) is 69.7 Å². The molecule has 2 heterocycles. The van der Waals surface area contributed by atoms with Crippen LogP contribution in [0.1, 0.15) is 51.2 Å². The largest absolute Gasteiger partial charge is 0.490 e. The van der Waals surface area contributed by atoms with Gasteiger partial charge < -0.3 is 9.47 Å². The molecule has 0 spiro atoms. The Morgan fingerprint density at radius 3 is 2.46 bits per heavy atom. The predicted molar refractivity (Wildman–Crippen MR) is 139 cm³/mol. The van der Waals surface area contributed by atoms with E-state index in [-0.39, 0.29) is 54.3 Å². The summed E-state index contributed by atoms with van der Waals surface area (Å²) in [7, 11) is -3.67. The number of sulfone groups is 1. The molecular weight excluding hydrogens is 522 g/mol.